The maximum Gasteiger partial charge on any atom is 0.243 e. The monoisotopic (exact) mass is 509 g/mol. The van der Waals surface area contributed by atoms with E-state index in [4.69, 9.17) is 0 Å². The van der Waals surface area contributed by atoms with Crippen molar-refractivity contribution in [3.8, 4) is 17.2 Å². The molecule has 0 spiro atoms. The Morgan fingerprint density at radius 1 is 1.06 bits per heavy atom. The first kappa shape index (κ1) is 26.3. The summed E-state index contributed by atoms with van der Waals surface area (Å²) < 4.78 is 27.6. The van der Waals surface area contributed by atoms with E-state index in [0.717, 1.165) is 62.1 Å². The third-order valence-corrected chi connectivity index (χ3v) is 9.01. The van der Waals surface area contributed by atoms with Gasteiger partial charge in [-0.15, -0.1) is 0 Å². The van der Waals surface area contributed by atoms with E-state index in [1.165, 1.54) is 0 Å². The lowest BCUT2D eigenvalue weighted by molar-refractivity contribution is -0.124. The quantitative estimate of drug-likeness (QED) is 0.566. The number of carbonyl (C=O) groups excluding carboxylic acids is 1. The second kappa shape index (κ2) is 12.0. The summed E-state index contributed by atoms with van der Waals surface area (Å²) in [5, 5.41) is 15.6. The summed E-state index contributed by atoms with van der Waals surface area (Å²) in [7, 11) is -3.50. The maximum absolute atomic E-state index is 13.0. The highest BCUT2D eigenvalue weighted by Gasteiger charge is 2.28. The molecule has 2 heterocycles. The molecule has 0 radical (unpaired) electrons. The summed E-state index contributed by atoms with van der Waals surface area (Å²) in [6, 6.07) is 16.2. The molecule has 1 unspecified atom stereocenters. The van der Waals surface area contributed by atoms with Gasteiger partial charge in [0.1, 0.15) is 6.04 Å². The Hall–Kier alpha value is -2.77. The Morgan fingerprint density at radius 3 is 2.25 bits per heavy atom. The summed E-state index contributed by atoms with van der Waals surface area (Å²) in [6.45, 7) is 6.40. The second-order valence-corrected chi connectivity index (χ2v) is 11.4. The number of sulfonamides is 1. The number of rotatable bonds is 8. The first-order valence-corrected chi connectivity index (χ1v) is 14.2. The first-order valence-electron chi connectivity index (χ1n) is 12.8. The minimum Gasteiger partial charge on any atom is -0.339 e. The van der Waals surface area contributed by atoms with E-state index < -0.39 is 16.1 Å². The fourth-order valence-electron chi connectivity index (χ4n) is 4.80. The van der Waals surface area contributed by atoms with Gasteiger partial charge in [0.2, 0.25) is 15.9 Å². The number of likely N-dealkylation sites (N-methyl/N-ethyl adjacent to an activating group) is 1. The van der Waals surface area contributed by atoms with Crippen molar-refractivity contribution in [1.82, 2.24) is 19.8 Å². The van der Waals surface area contributed by atoms with E-state index in [0.29, 0.717) is 24.4 Å². The zero-order chi connectivity index (χ0) is 25.5. The molecule has 36 heavy (non-hydrogen) atoms. The summed E-state index contributed by atoms with van der Waals surface area (Å²) in [5.74, 6) is -0.111. The standard InChI is InChI=1S/C27H35N5O3S/c1-2-31-15-17-32(18-16-31)36(34,35)25-12-10-23(11-13-25)22-8-6-21(7-9-22)19-24(20-28)30-27(33)26-5-3-4-14-29-26/h6-13,24,26,29H,2-5,14-19H2,1H3,(H,30,33)/t24?,26-/m0/s1. The first-order chi connectivity index (χ1) is 17.4. The number of piperidine rings is 1. The largest absolute Gasteiger partial charge is 0.339 e. The van der Waals surface area contributed by atoms with E-state index in [9.17, 15) is 18.5 Å². The van der Waals surface area contributed by atoms with Gasteiger partial charge in [-0.2, -0.15) is 9.57 Å². The van der Waals surface area contributed by atoms with Crippen molar-refractivity contribution in [3.63, 3.8) is 0 Å². The molecule has 0 bridgehead atoms. The smallest absolute Gasteiger partial charge is 0.243 e. The van der Waals surface area contributed by atoms with Gasteiger partial charge in [-0.3, -0.25) is 4.79 Å². The van der Waals surface area contributed by atoms with Gasteiger partial charge in [-0.25, -0.2) is 8.42 Å². The Kier molecular flexibility index (Phi) is 8.75. The Bertz CT molecular complexity index is 1160. The molecule has 1 amide bonds. The minimum absolute atomic E-state index is 0.111. The lowest BCUT2D eigenvalue weighted by Gasteiger charge is -2.33. The topological polar surface area (TPSA) is 106 Å². The molecule has 2 aromatic carbocycles. The molecule has 2 atom stereocenters. The molecule has 8 nitrogen and oxygen atoms in total. The van der Waals surface area contributed by atoms with Crippen LogP contribution >= 0.6 is 0 Å². The van der Waals surface area contributed by atoms with Crippen LogP contribution in [0.25, 0.3) is 11.1 Å². The van der Waals surface area contributed by atoms with Gasteiger partial charge in [0.05, 0.1) is 17.0 Å². The Labute approximate surface area is 214 Å². The number of amides is 1. The summed E-state index contributed by atoms with van der Waals surface area (Å²) in [5.41, 5.74) is 2.83. The van der Waals surface area contributed by atoms with E-state index in [1.54, 1.807) is 16.4 Å². The Morgan fingerprint density at radius 2 is 1.69 bits per heavy atom. The van der Waals surface area contributed by atoms with Crippen molar-refractivity contribution in [2.45, 2.75) is 49.6 Å². The third kappa shape index (κ3) is 6.31. The third-order valence-electron chi connectivity index (χ3n) is 7.10. The van der Waals surface area contributed by atoms with Crippen molar-refractivity contribution in [1.29, 1.82) is 5.26 Å². The second-order valence-electron chi connectivity index (χ2n) is 9.46. The van der Waals surface area contributed by atoms with E-state index >= 15 is 0 Å². The number of hydrogen-bond acceptors (Lipinski definition) is 6. The van der Waals surface area contributed by atoms with Gasteiger partial charge >= 0.3 is 0 Å². The molecule has 192 valence electrons. The molecule has 2 saturated heterocycles. The van der Waals surface area contributed by atoms with Crippen LogP contribution < -0.4 is 10.6 Å². The lowest BCUT2D eigenvalue weighted by Crippen LogP contribution is -2.49. The van der Waals surface area contributed by atoms with Crippen LogP contribution in [0.3, 0.4) is 0 Å². The van der Waals surface area contributed by atoms with Crippen molar-refractivity contribution in [2.75, 3.05) is 39.3 Å². The molecular formula is C27H35N5O3S. The molecule has 9 heteroatoms. The van der Waals surface area contributed by atoms with Crippen LogP contribution in [0.2, 0.25) is 0 Å². The maximum atomic E-state index is 13.0. The normalized spacial score (nSPS) is 20.4. The van der Waals surface area contributed by atoms with Crippen LogP contribution in [-0.2, 0) is 21.2 Å². The van der Waals surface area contributed by atoms with Gasteiger partial charge in [-0.1, -0.05) is 49.7 Å². The molecule has 2 aromatic rings. The van der Waals surface area contributed by atoms with Crippen molar-refractivity contribution in [2.24, 2.45) is 0 Å². The Balaban J connectivity index is 1.36. The average molecular weight is 510 g/mol. The summed E-state index contributed by atoms with van der Waals surface area (Å²) >= 11 is 0. The summed E-state index contributed by atoms with van der Waals surface area (Å²) in [4.78, 5) is 15.0. The van der Waals surface area contributed by atoms with Crippen LogP contribution in [0.4, 0.5) is 0 Å². The SMILES string of the molecule is CCN1CCN(S(=O)(=O)c2ccc(-c3ccc(CC(C#N)NC(=O)[C@@H]4CCCCN4)cc3)cc2)CC1. The van der Waals surface area contributed by atoms with Crippen LogP contribution in [-0.4, -0.2) is 74.9 Å². The molecule has 2 N–H and O–H groups in total. The highest BCUT2D eigenvalue weighted by molar-refractivity contribution is 7.89. The van der Waals surface area contributed by atoms with Gasteiger partial charge in [0.15, 0.2) is 0 Å². The number of nitrogens with zero attached hydrogens (tertiary/aromatic N) is 3. The number of carbonyl (C=O) groups is 1. The van der Waals surface area contributed by atoms with Crippen LogP contribution in [0.5, 0.6) is 0 Å². The van der Waals surface area contributed by atoms with Crippen molar-refractivity contribution in [3.05, 3.63) is 54.1 Å². The molecule has 2 aliphatic heterocycles. The fourth-order valence-corrected chi connectivity index (χ4v) is 6.22. The number of piperazine rings is 1. The minimum atomic E-state index is -3.50. The summed E-state index contributed by atoms with van der Waals surface area (Å²) in [6.07, 6.45) is 3.32. The van der Waals surface area contributed by atoms with Crippen molar-refractivity contribution < 1.29 is 13.2 Å². The molecule has 0 saturated carbocycles. The number of benzene rings is 2. The molecule has 4 rings (SSSR count). The zero-order valence-corrected chi connectivity index (χ0v) is 21.6. The predicted octanol–water partition coefficient (Wildman–Crippen LogP) is 2.37. The molecule has 0 aliphatic carbocycles. The molecule has 2 fully saturated rings. The van der Waals surface area contributed by atoms with Gasteiger partial charge in [0.25, 0.3) is 0 Å². The average Bonchev–Trinajstić information content (AvgIpc) is 2.93. The highest BCUT2D eigenvalue weighted by Crippen LogP contribution is 2.24. The molecule has 2 aliphatic rings. The number of nitriles is 1. The van der Waals surface area contributed by atoms with E-state index in [-0.39, 0.29) is 11.9 Å². The zero-order valence-electron chi connectivity index (χ0n) is 20.8. The van der Waals surface area contributed by atoms with Crippen LogP contribution in [0.1, 0.15) is 31.7 Å². The van der Waals surface area contributed by atoms with Crippen LogP contribution in [0, 0.1) is 11.3 Å². The molecular weight excluding hydrogens is 474 g/mol. The molecule has 0 aromatic heterocycles. The van der Waals surface area contributed by atoms with E-state index in [2.05, 4.69) is 28.5 Å². The fraction of sp³-hybridized carbons (Fsp3) is 0.481. The lowest BCUT2D eigenvalue weighted by atomic mass is 10.00. The van der Waals surface area contributed by atoms with E-state index in [1.807, 2.05) is 36.4 Å². The van der Waals surface area contributed by atoms with Gasteiger partial charge < -0.3 is 15.5 Å². The number of nitrogens with one attached hydrogen (secondary N) is 2. The van der Waals surface area contributed by atoms with Gasteiger partial charge in [0, 0.05) is 32.6 Å². The van der Waals surface area contributed by atoms with Crippen molar-refractivity contribution >= 4 is 15.9 Å². The predicted molar refractivity (Wildman–Crippen MR) is 140 cm³/mol. The highest BCUT2D eigenvalue weighted by atomic mass is 32.2. The van der Waals surface area contributed by atoms with Crippen LogP contribution in [0.15, 0.2) is 53.4 Å². The van der Waals surface area contributed by atoms with Gasteiger partial charge in [-0.05, 0) is 54.8 Å². The number of hydrogen-bond donors (Lipinski definition) is 2.